The number of carbonyl (C=O) groups excluding carboxylic acids is 3. The zero-order valence-electron chi connectivity index (χ0n) is 13.6. The third-order valence-electron chi connectivity index (χ3n) is 3.40. The molecule has 0 spiro atoms. The Bertz CT molecular complexity index is 831. The molecule has 0 atom stereocenters. The number of amides is 1. The first-order chi connectivity index (χ1) is 12.1. The first kappa shape index (κ1) is 17.9. The van der Waals surface area contributed by atoms with Crippen LogP contribution in [-0.2, 0) is 20.9 Å². The van der Waals surface area contributed by atoms with Crippen molar-refractivity contribution < 1.29 is 19.1 Å². The van der Waals surface area contributed by atoms with Gasteiger partial charge in [-0.05, 0) is 23.8 Å². The summed E-state index contributed by atoms with van der Waals surface area (Å²) >= 11 is 0. The Labute approximate surface area is 144 Å². The summed E-state index contributed by atoms with van der Waals surface area (Å²) in [5, 5.41) is 2.68. The topological polar surface area (TPSA) is 111 Å². The fraction of sp³-hybridized carbons (Fsp3) is 0.111. The number of benzene rings is 1. The quantitative estimate of drug-likeness (QED) is 0.356. The van der Waals surface area contributed by atoms with Gasteiger partial charge in [-0.1, -0.05) is 18.2 Å². The lowest BCUT2D eigenvalue weighted by atomic mass is 10.0. The molecule has 0 aliphatic carbocycles. The van der Waals surface area contributed by atoms with E-state index < -0.39 is 11.9 Å². The summed E-state index contributed by atoms with van der Waals surface area (Å²) in [5.41, 5.74) is 7.78. The summed E-state index contributed by atoms with van der Waals surface area (Å²) < 4.78 is 4.63. The predicted molar refractivity (Wildman–Crippen MR) is 92.3 cm³/mol. The number of esters is 1. The third kappa shape index (κ3) is 4.51. The number of pyridine rings is 1. The number of hydrogen-bond acceptors (Lipinski definition) is 6. The highest BCUT2D eigenvalue weighted by Gasteiger charge is 2.14. The average molecular weight is 339 g/mol. The molecule has 1 amide bonds. The van der Waals surface area contributed by atoms with Crippen LogP contribution in [0.25, 0.3) is 5.57 Å². The molecule has 2 rings (SSSR count). The third-order valence-corrected chi connectivity index (χ3v) is 3.40. The molecule has 25 heavy (non-hydrogen) atoms. The molecule has 0 aliphatic heterocycles. The molecule has 0 aliphatic rings. The second-order valence-electron chi connectivity index (χ2n) is 5.06. The second-order valence-corrected chi connectivity index (χ2v) is 5.06. The van der Waals surface area contributed by atoms with Crippen molar-refractivity contribution in [2.24, 2.45) is 0 Å². The number of anilines is 1. The molecular formula is C18H17N3O4. The Balaban J connectivity index is 2.15. The molecule has 2 aromatic rings. The molecular weight excluding hydrogens is 322 g/mol. The molecule has 0 saturated carbocycles. The van der Waals surface area contributed by atoms with Gasteiger partial charge < -0.3 is 15.8 Å². The molecule has 0 saturated heterocycles. The minimum Gasteiger partial charge on any atom is -0.465 e. The van der Waals surface area contributed by atoms with Gasteiger partial charge in [0.1, 0.15) is 6.29 Å². The zero-order chi connectivity index (χ0) is 18.2. The zero-order valence-corrected chi connectivity index (χ0v) is 13.6. The number of ether oxygens (including phenoxy) is 1. The Kier molecular flexibility index (Phi) is 6.00. The van der Waals surface area contributed by atoms with Crippen molar-refractivity contribution in [3.8, 4) is 0 Å². The Morgan fingerprint density at radius 2 is 2.04 bits per heavy atom. The van der Waals surface area contributed by atoms with Crippen LogP contribution in [0.1, 0.15) is 21.5 Å². The number of methoxy groups -OCH3 is 1. The standard InChI is InChI=1S/C18H17N3O4/c1-25-18(24)13-8-12(9-20-11-13)10-21-17(23)15(6-7-22)14-4-2-3-5-16(14)19/h2-9,11H,10,19H2,1H3,(H,21,23)/b15-6+. The summed E-state index contributed by atoms with van der Waals surface area (Å²) in [7, 11) is 1.28. The highest BCUT2D eigenvalue weighted by Crippen LogP contribution is 2.21. The van der Waals surface area contributed by atoms with E-state index in [0.29, 0.717) is 23.1 Å². The number of nitrogens with one attached hydrogen (secondary N) is 1. The number of carbonyl (C=O) groups is 3. The number of aldehydes is 1. The van der Waals surface area contributed by atoms with Crippen LogP contribution in [0.3, 0.4) is 0 Å². The van der Waals surface area contributed by atoms with Crippen molar-refractivity contribution in [2.45, 2.75) is 6.54 Å². The van der Waals surface area contributed by atoms with Crippen LogP contribution in [0.2, 0.25) is 0 Å². The maximum atomic E-state index is 12.4. The van der Waals surface area contributed by atoms with Crippen molar-refractivity contribution in [1.82, 2.24) is 10.3 Å². The molecule has 1 heterocycles. The maximum Gasteiger partial charge on any atom is 0.339 e. The normalized spacial score (nSPS) is 10.8. The van der Waals surface area contributed by atoms with E-state index in [1.54, 1.807) is 30.3 Å². The minimum atomic E-state index is -0.515. The lowest BCUT2D eigenvalue weighted by Gasteiger charge is -2.11. The molecule has 0 fully saturated rings. The number of nitrogen functional groups attached to an aromatic ring is 1. The summed E-state index contributed by atoms with van der Waals surface area (Å²) in [6, 6.07) is 8.33. The molecule has 3 N–H and O–H groups in total. The van der Waals surface area contributed by atoms with Gasteiger partial charge in [-0.2, -0.15) is 0 Å². The number of para-hydroxylation sites is 1. The fourth-order valence-electron chi connectivity index (χ4n) is 2.19. The number of hydrogen-bond donors (Lipinski definition) is 2. The smallest absolute Gasteiger partial charge is 0.339 e. The van der Waals surface area contributed by atoms with Crippen molar-refractivity contribution in [1.29, 1.82) is 0 Å². The van der Waals surface area contributed by atoms with Gasteiger partial charge in [0.25, 0.3) is 5.91 Å². The predicted octanol–water partition coefficient (Wildman–Crippen LogP) is 1.35. The Morgan fingerprint density at radius 3 is 2.72 bits per heavy atom. The fourth-order valence-corrected chi connectivity index (χ4v) is 2.19. The molecule has 1 aromatic heterocycles. The molecule has 7 heteroatoms. The van der Waals surface area contributed by atoms with Crippen LogP contribution < -0.4 is 11.1 Å². The van der Waals surface area contributed by atoms with Gasteiger partial charge in [-0.25, -0.2) is 4.79 Å². The summed E-state index contributed by atoms with van der Waals surface area (Å²) in [4.78, 5) is 38.8. The van der Waals surface area contributed by atoms with Crippen molar-refractivity contribution in [3.63, 3.8) is 0 Å². The number of rotatable bonds is 6. The Morgan fingerprint density at radius 1 is 1.28 bits per heavy atom. The van der Waals surface area contributed by atoms with Crippen molar-refractivity contribution in [2.75, 3.05) is 12.8 Å². The highest BCUT2D eigenvalue weighted by molar-refractivity contribution is 6.23. The number of allylic oxidation sites excluding steroid dienone is 1. The first-order valence-electron chi connectivity index (χ1n) is 7.37. The van der Waals surface area contributed by atoms with Gasteiger partial charge in [-0.3, -0.25) is 14.6 Å². The van der Waals surface area contributed by atoms with E-state index in [2.05, 4.69) is 15.0 Å². The Hall–Kier alpha value is -3.48. The second kappa shape index (κ2) is 8.39. The monoisotopic (exact) mass is 339 g/mol. The van der Waals surface area contributed by atoms with E-state index >= 15 is 0 Å². The van der Waals surface area contributed by atoms with Crippen LogP contribution >= 0.6 is 0 Å². The lowest BCUT2D eigenvalue weighted by Crippen LogP contribution is -2.24. The van der Waals surface area contributed by atoms with E-state index in [1.807, 2.05) is 0 Å². The van der Waals surface area contributed by atoms with Crippen molar-refractivity contribution in [3.05, 3.63) is 65.5 Å². The van der Waals surface area contributed by atoms with Crippen LogP contribution in [0.4, 0.5) is 5.69 Å². The molecule has 0 bridgehead atoms. The minimum absolute atomic E-state index is 0.125. The van der Waals surface area contributed by atoms with Crippen LogP contribution in [-0.4, -0.2) is 30.3 Å². The SMILES string of the molecule is COC(=O)c1cncc(CNC(=O)/C(=C/C=O)c2ccccc2N)c1. The average Bonchev–Trinajstić information content (AvgIpc) is 2.64. The molecule has 0 unspecified atom stereocenters. The van der Waals surface area contributed by atoms with Gasteiger partial charge >= 0.3 is 5.97 Å². The van der Waals surface area contributed by atoms with Crippen LogP contribution in [0, 0.1) is 0 Å². The van der Waals surface area contributed by atoms with E-state index in [0.717, 1.165) is 6.08 Å². The van der Waals surface area contributed by atoms with E-state index in [4.69, 9.17) is 5.73 Å². The number of nitrogens with zero attached hydrogens (tertiary/aromatic N) is 1. The summed E-state index contributed by atoms with van der Waals surface area (Å²) in [5.74, 6) is -0.979. The van der Waals surface area contributed by atoms with Crippen molar-refractivity contribution >= 4 is 29.4 Å². The molecule has 1 aromatic carbocycles. The maximum absolute atomic E-state index is 12.4. The number of aromatic nitrogens is 1. The van der Waals surface area contributed by atoms with Crippen LogP contribution in [0.15, 0.2) is 48.8 Å². The van der Waals surface area contributed by atoms with Gasteiger partial charge in [0.05, 0.1) is 18.2 Å². The first-order valence-corrected chi connectivity index (χ1v) is 7.37. The van der Waals surface area contributed by atoms with E-state index in [1.165, 1.54) is 19.5 Å². The van der Waals surface area contributed by atoms with Gasteiger partial charge in [0.15, 0.2) is 0 Å². The summed E-state index contributed by atoms with van der Waals surface area (Å²) in [6.07, 6.45) is 4.58. The van der Waals surface area contributed by atoms with Gasteiger partial charge in [0.2, 0.25) is 0 Å². The van der Waals surface area contributed by atoms with Gasteiger partial charge in [0, 0.05) is 30.2 Å². The molecule has 7 nitrogen and oxygen atoms in total. The largest absolute Gasteiger partial charge is 0.465 e. The summed E-state index contributed by atoms with van der Waals surface area (Å²) in [6.45, 7) is 0.125. The van der Waals surface area contributed by atoms with E-state index in [-0.39, 0.29) is 17.7 Å². The lowest BCUT2D eigenvalue weighted by molar-refractivity contribution is -0.116. The highest BCUT2D eigenvalue weighted by atomic mass is 16.5. The van der Waals surface area contributed by atoms with E-state index in [9.17, 15) is 14.4 Å². The molecule has 128 valence electrons. The van der Waals surface area contributed by atoms with Crippen LogP contribution in [0.5, 0.6) is 0 Å². The van der Waals surface area contributed by atoms with Gasteiger partial charge in [-0.15, -0.1) is 0 Å². The molecule has 0 radical (unpaired) electrons. The number of nitrogens with two attached hydrogens (primary N) is 1.